The lowest BCUT2D eigenvalue weighted by atomic mass is 10.2. The van der Waals surface area contributed by atoms with Crippen LogP contribution in [0.3, 0.4) is 0 Å². The van der Waals surface area contributed by atoms with Gasteiger partial charge in [0.15, 0.2) is 0 Å². The topological polar surface area (TPSA) is 38.3 Å². The Morgan fingerprint density at radius 1 is 1.91 bits per heavy atom. The Balaban J connectivity index is 2.52. The number of nitrogens with one attached hydrogen (secondary N) is 1. The van der Waals surface area contributed by atoms with E-state index in [9.17, 15) is 4.79 Å². The molecule has 0 radical (unpaired) electrons. The number of carbonyl (C=O) groups excluding carboxylic acids is 1. The van der Waals surface area contributed by atoms with Gasteiger partial charge in [0.25, 0.3) is 0 Å². The molecule has 0 amide bonds. The van der Waals surface area contributed by atoms with Crippen molar-refractivity contribution in [2.24, 2.45) is 0 Å². The van der Waals surface area contributed by atoms with Crippen molar-refractivity contribution in [2.45, 2.75) is 19.9 Å². The third-order valence-corrected chi connectivity index (χ3v) is 1.72. The van der Waals surface area contributed by atoms with E-state index in [1.54, 1.807) is 0 Å². The molecule has 0 saturated heterocycles. The predicted molar refractivity (Wildman–Crippen MR) is 42.2 cm³/mol. The highest BCUT2D eigenvalue weighted by Gasteiger charge is 2.20. The van der Waals surface area contributed by atoms with E-state index < -0.39 is 0 Å². The van der Waals surface area contributed by atoms with Gasteiger partial charge in [-0.25, -0.2) is 4.79 Å². The maximum atomic E-state index is 11.1. The van der Waals surface area contributed by atoms with Crippen molar-refractivity contribution in [3.05, 3.63) is 11.6 Å². The van der Waals surface area contributed by atoms with Crippen LogP contribution in [-0.4, -0.2) is 25.2 Å². The molecule has 0 aromatic rings. The molecule has 1 aliphatic rings. The molecule has 0 aromatic heterocycles. The summed E-state index contributed by atoms with van der Waals surface area (Å²) in [6, 6.07) is 0.147. The largest absolute Gasteiger partial charge is 0.463 e. The number of ether oxygens (including phenoxy) is 1. The van der Waals surface area contributed by atoms with E-state index in [1.165, 1.54) is 0 Å². The number of carbonyl (C=O) groups is 1. The lowest BCUT2D eigenvalue weighted by molar-refractivity contribution is -0.138. The van der Waals surface area contributed by atoms with E-state index >= 15 is 0 Å². The van der Waals surface area contributed by atoms with Crippen LogP contribution in [0.15, 0.2) is 11.6 Å². The molecule has 1 unspecified atom stereocenters. The van der Waals surface area contributed by atoms with Gasteiger partial charge in [0, 0.05) is 12.6 Å². The zero-order valence-electron chi connectivity index (χ0n) is 6.89. The van der Waals surface area contributed by atoms with Crippen LogP contribution in [0.2, 0.25) is 0 Å². The van der Waals surface area contributed by atoms with Crippen molar-refractivity contribution in [3.63, 3.8) is 0 Å². The second kappa shape index (κ2) is 3.53. The van der Waals surface area contributed by atoms with Crippen LogP contribution < -0.4 is 5.32 Å². The molecule has 0 aliphatic carbocycles. The molecule has 3 heteroatoms. The van der Waals surface area contributed by atoms with Crippen LogP contribution in [0, 0.1) is 0 Å². The first-order chi connectivity index (χ1) is 5.25. The lowest BCUT2D eigenvalue weighted by Crippen LogP contribution is -2.25. The molecular formula is C8H13NO2. The summed E-state index contributed by atoms with van der Waals surface area (Å²) in [4.78, 5) is 11.1. The zero-order chi connectivity index (χ0) is 8.27. The lowest BCUT2D eigenvalue weighted by Gasteiger charge is -2.07. The molecule has 0 bridgehead atoms. The normalized spacial score (nSPS) is 23.1. The minimum absolute atomic E-state index is 0.147. The average Bonchev–Trinajstić information content (AvgIpc) is 2.36. The van der Waals surface area contributed by atoms with E-state index in [4.69, 9.17) is 4.74 Å². The Hall–Kier alpha value is -0.830. The summed E-state index contributed by atoms with van der Waals surface area (Å²) >= 11 is 0. The van der Waals surface area contributed by atoms with Gasteiger partial charge in [0.1, 0.15) is 0 Å². The van der Waals surface area contributed by atoms with E-state index in [0.717, 1.165) is 12.1 Å². The second-order valence-corrected chi connectivity index (χ2v) is 2.51. The molecule has 1 aliphatic heterocycles. The monoisotopic (exact) mass is 155 g/mol. The van der Waals surface area contributed by atoms with Gasteiger partial charge in [-0.2, -0.15) is 0 Å². The summed E-state index contributed by atoms with van der Waals surface area (Å²) in [7, 11) is 0. The molecule has 62 valence electrons. The Morgan fingerprint density at radius 2 is 2.64 bits per heavy atom. The van der Waals surface area contributed by atoms with Gasteiger partial charge in [-0.3, -0.25) is 0 Å². The van der Waals surface area contributed by atoms with Gasteiger partial charge in [-0.1, -0.05) is 6.08 Å². The molecule has 1 rings (SSSR count). The first-order valence-electron chi connectivity index (χ1n) is 3.86. The summed E-state index contributed by atoms with van der Waals surface area (Å²) in [6.45, 7) is 4.99. The highest BCUT2D eigenvalue weighted by Crippen LogP contribution is 2.09. The molecule has 0 saturated carbocycles. The Kier molecular flexibility index (Phi) is 2.65. The van der Waals surface area contributed by atoms with Crippen molar-refractivity contribution in [1.82, 2.24) is 5.32 Å². The maximum absolute atomic E-state index is 11.1. The van der Waals surface area contributed by atoms with Crippen LogP contribution >= 0.6 is 0 Å². The van der Waals surface area contributed by atoms with Gasteiger partial charge < -0.3 is 10.1 Å². The Bertz CT molecular complexity index is 187. The summed E-state index contributed by atoms with van der Waals surface area (Å²) in [5.74, 6) is -0.190. The first-order valence-corrected chi connectivity index (χ1v) is 3.86. The molecule has 0 aromatic carbocycles. The Morgan fingerprint density at radius 3 is 3.09 bits per heavy atom. The predicted octanol–water partition coefficient (Wildman–Crippen LogP) is 0.468. The van der Waals surface area contributed by atoms with Crippen LogP contribution in [0.25, 0.3) is 0 Å². The zero-order valence-corrected chi connectivity index (χ0v) is 6.89. The van der Waals surface area contributed by atoms with Gasteiger partial charge in [0.2, 0.25) is 0 Å². The van der Waals surface area contributed by atoms with Crippen molar-refractivity contribution < 1.29 is 9.53 Å². The highest BCUT2D eigenvalue weighted by molar-refractivity contribution is 5.90. The van der Waals surface area contributed by atoms with E-state index in [1.807, 2.05) is 19.9 Å². The Labute approximate surface area is 66.4 Å². The van der Waals surface area contributed by atoms with E-state index in [2.05, 4.69) is 5.32 Å². The van der Waals surface area contributed by atoms with Gasteiger partial charge in [-0.15, -0.1) is 0 Å². The summed E-state index contributed by atoms with van der Waals surface area (Å²) in [5, 5.41) is 3.12. The summed E-state index contributed by atoms with van der Waals surface area (Å²) in [5.41, 5.74) is 0.756. The molecule has 1 heterocycles. The van der Waals surface area contributed by atoms with Crippen LogP contribution in [0.5, 0.6) is 0 Å². The molecule has 0 spiro atoms. The smallest absolute Gasteiger partial charge is 0.335 e. The fourth-order valence-electron chi connectivity index (χ4n) is 1.11. The van der Waals surface area contributed by atoms with Crippen LogP contribution in [-0.2, 0) is 9.53 Å². The van der Waals surface area contributed by atoms with Crippen molar-refractivity contribution in [2.75, 3.05) is 13.2 Å². The minimum Gasteiger partial charge on any atom is -0.463 e. The molecule has 1 atom stereocenters. The van der Waals surface area contributed by atoms with E-state index in [0.29, 0.717) is 6.61 Å². The number of hydrogen-bond donors (Lipinski definition) is 1. The summed E-state index contributed by atoms with van der Waals surface area (Å²) in [6.07, 6.45) is 1.88. The van der Waals surface area contributed by atoms with Gasteiger partial charge in [0.05, 0.1) is 12.2 Å². The molecule has 3 nitrogen and oxygen atoms in total. The maximum Gasteiger partial charge on any atom is 0.335 e. The first kappa shape index (κ1) is 8.27. The highest BCUT2D eigenvalue weighted by atomic mass is 16.5. The molecular weight excluding hydrogens is 142 g/mol. The third-order valence-electron chi connectivity index (χ3n) is 1.72. The second-order valence-electron chi connectivity index (χ2n) is 2.51. The quantitative estimate of drug-likeness (QED) is 0.589. The standard InChI is InChI=1S/C8H13NO2/c1-3-11-8(10)7-4-5-9-6(7)2/h4,6,9H,3,5H2,1-2H3. The number of rotatable bonds is 2. The minimum atomic E-state index is -0.190. The van der Waals surface area contributed by atoms with Crippen LogP contribution in [0.1, 0.15) is 13.8 Å². The average molecular weight is 155 g/mol. The molecule has 0 fully saturated rings. The molecule has 1 N–H and O–H groups in total. The fraction of sp³-hybridized carbons (Fsp3) is 0.625. The summed E-state index contributed by atoms with van der Waals surface area (Å²) < 4.78 is 4.85. The van der Waals surface area contributed by atoms with Crippen LogP contribution in [0.4, 0.5) is 0 Å². The van der Waals surface area contributed by atoms with Crippen molar-refractivity contribution in [1.29, 1.82) is 0 Å². The van der Waals surface area contributed by atoms with Gasteiger partial charge in [-0.05, 0) is 13.8 Å². The van der Waals surface area contributed by atoms with E-state index in [-0.39, 0.29) is 12.0 Å². The van der Waals surface area contributed by atoms with Crippen molar-refractivity contribution in [3.8, 4) is 0 Å². The fourth-order valence-corrected chi connectivity index (χ4v) is 1.11. The number of esters is 1. The van der Waals surface area contributed by atoms with Gasteiger partial charge >= 0.3 is 5.97 Å². The third kappa shape index (κ3) is 1.80. The van der Waals surface area contributed by atoms with Crippen molar-refractivity contribution >= 4 is 5.97 Å². The SMILES string of the molecule is CCOC(=O)C1=CCNC1C. The number of hydrogen-bond acceptors (Lipinski definition) is 3. The molecule has 11 heavy (non-hydrogen) atoms.